The molecule has 0 atom stereocenters. The molecule has 2 aromatic rings. The zero-order valence-electron chi connectivity index (χ0n) is 14.5. The molecule has 1 saturated carbocycles. The van der Waals surface area contributed by atoms with Crippen molar-refractivity contribution in [3.63, 3.8) is 0 Å². The smallest absolute Gasteiger partial charge is 0.276 e. The molecule has 1 aromatic heterocycles. The van der Waals surface area contributed by atoms with Gasteiger partial charge < -0.3 is 9.64 Å². The molecule has 0 bridgehead atoms. The average Bonchev–Trinajstić information content (AvgIpc) is 3.02. The Labute approximate surface area is 167 Å². The Bertz CT molecular complexity index is 951. The zero-order valence-corrected chi connectivity index (χ0v) is 16.0. The van der Waals surface area contributed by atoms with Crippen molar-refractivity contribution in [2.24, 2.45) is 5.41 Å². The van der Waals surface area contributed by atoms with Crippen LogP contribution in [0.4, 0.5) is 5.82 Å². The number of hydrogen-bond acceptors (Lipinski definition) is 6. The molecule has 0 amide bonds. The van der Waals surface area contributed by atoms with E-state index < -0.39 is 0 Å². The molecule has 27 heavy (non-hydrogen) atoms. The SMILES string of the molecule is N#CB1Cc2cccc(OC3CC4(C3)CN(c3nc(Cl)nnc3Cl)C4)c2C1. The first-order valence-corrected chi connectivity index (χ1v) is 9.78. The van der Waals surface area contributed by atoms with Crippen molar-refractivity contribution in [1.82, 2.24) is 15.2 Å². The van der Waals surface area contributed by atoms with Crippen LogP contribution in [0, 0.1) is 16.6 Å². The van der Waals surface area contributed by atoms with Gasteiger partial charge in [-0.25, -0.2) is 5.26 Å². The Hall–Kier alpha value is -2.04. The highest BCUT2D eigenvalue weighted by Crippen LogP contribution is 2.51. The van der Waals surface area contributed by atoms with Crippen molar-refractivity contribution in [1.29, 1.82) is 5.26 Å². The standard InChI is InChI=1S/C18H16BCl2N5O/c20-15-16(23-17(21)25-24-15)26-8-18(9-26)4-12(5-18)27-14-3-1-2-11-6-19(10-22)7-13(11)14/h1-3,12H,4-9H2. The molecule has 0 radical (unpaired) electrons. The average molecular weight is 400 g/mol. The summed E-state index contributed by atoms with van der Waals surface area (Å²) in [6, 6.07) is 6.17. The number of aromatic nitrogens is 3. The Morgan fingerprint density at radius 3 is 2.81 bits per heavy atom. The second-order valence-electron chi connectivity index (χ2n) is 7.83. The van der Waals surface area contributed by atoms with E-state index in [4.69, 9.17) is 27.9 Å². The van der Waals surface area contributed by atoms with Gasteiger partial charge >= 0.3 is 0 Å². The van der Waals surface area contributed by atoms with E-state index in [1.165, 1.54) is 11.1 Å². The third-order valence-corrected chi connectivity index (χ3v) is 6.30. The van der Waals surface area contributed by atoms with Gasteiger partial charge in [-0.2, -0.15) is 4.98 Å². The second-order valence-corrected chi connectivity index (χ2v) is 8.52. The predicted octanol–water partition coefficient (Wildman–Crippen LogP) is 2.96. The van der Waals surface area contributed by atoms with Gasteiger partial charge in [0.1, 0.15) is 11.9 Å². The van der Waals surface area contributed by atoms with Crippen molar-refractivity contribution in [2.75, 3.05) is 18.0 Å². The highest BCUT2D eigenvalue weighted by Gasteiger charge is 2.54. The summed E-state index contributed by atoms with van der Waals surface area (Å²) in [4.78, 5) is 6.28. The molecule has 1 aromatic carbocycles. The van der Waals surface area contributed by atoms with Crippen molar-refractivity contribution >= 4 is 35.7 Å². The first kappa shape index (κ1) is 17.1. The number of rotatable bonds is 3. The van der Waals surface area contributed by atoms with Gasteiger partial charge in [0, 0.05) is 24.5 Å². The van der Waals surface area contributed by atoms with E-state index in [0.29, 0.717) is 5.82 Å². The minimum absolute atomic E-state index is 0.0794. The molecule has 2 aliphatic heterocycles. The highest BCUT2D eigenvalue weighted by molar-refractivity contribution is 6.67. The summed E-state index contributed by atoms with van der Waals surface area (Å²) in [6.45, 7) is 1.84. The van der Waals surface area contributed by atoms with Crippen LogP contribution in [0.5, 0.6) is 5.75 Å². The van der Waals surface area contributed by atoms with Gasteiger partial charge in [0.15, 0.2) is 11.0 Å². The molecule has 1 spiro atoms. The van der Waals surface area contributed by atoms with Crippen LogP contribution in [0.2, 0.25) is 10.4 Å². The van der Waals surface area contributed by atoms with Crippen molar-refractivity contribution in [3.05, 3.63) is 39.8 Å². The lowest BCUT2D eigenvalue weighted by Crippen LogP contribution is -2.65. The maximum absolute atomic E-state index is 9.21. The van der Waals surface area contributed by atoms with E-state index in [2.05, 4.69) is 32.1 Å². The minimum Gasteiger partial charge on any atom is -0.490 e. The number of nitrogens with zero attached hydrogens (tertiary/aromatic N) is 5. The van der Waals surface area contributed by atoms with Gasteiger partial charge in [-0.3, -0.25) is 0 Å². The topological polar surface area (TPSA) is 74.9 Å². The van der Waals surface area contributed by atoms with Crippen LogP contribution in [0.3, 0.4) is 0 Å². The van der Waals surface area contributed by atoms with E-state index >= 15 is 0 Å². The van der Waals surface area contributed by atoms with Gasteiger partial charge in [-0.15, -0.1) is 10.2 Å². The van der Waals surface area contributed by atoms with Gasteiger partial charge in [0.25, 0.3) is 6.71 Å². The molecule has 3 heterocycles. The second kappa shape index (κ2) is 6.25. The monoisotopic (exact) mass is 399 g/mol. The molecule has 136 valence electrons. The molecule has 0 unspecified atom stereocenters. The van der Waals surface area contributed by atoms with Crippen LogP contribution >= 0.6 is 23.2 Å². The summed E-state index contributed by atoms with van der Waals surface area (Å²) >= 11 is 11.9. The van der Waals surface area contributed by atoms with Gasteiger partial charge in [-0.05, 0) is 54.3 Å². The van der Waals surface area contributed by atoms with E-state index in [1.807, 2.05) is 12.1 Å². The van der Waals surface area contributed by atoms with E-state index in [0.717, 1.165) is 44.3 Å². The summed E-state index contributed by atoms with van der Waals surface area (Å²) in [6.07, 6.45) is 3.89. The zero-order chi connectivity index (χ0) is 18.6. The fourth-order valence-electron chi connectivity index (χ4n) is 4.65. The molecule has 2 fully saturated rings. The first-order chi connectivity index (χ1) is 13.0. The molecular weight excluding hydrogens is 384 g/mol. The van der Waals surface area contributed by atoms with Crippen LogP contribution in [-0.4, -0.2) is 41.1 Å². The van der Waals surface area contributed by atoms with Gasteiger partial charge in [-0.1, -0.05) is 23.7 Å². The van der Waals surface area contributed by atoms with Crippen LogP contribution < -0.4 is 9.64 Å². The number of halogens is 2. The molecule has 9 heteroatoms. The molecule has 3 aliphatic rings. The summed E-state index contributed by atoms with van der Waals surface area (Å²) in [5.41, 5.74) is 2.73. The molecule has 5 rings (SSSR count). The Balaban J connectivity index is 1.21. The fourth-order valence-corrected chi connectivity index (χ4v) is 4.96. The molecule has 1 aliphatic carbocycles. The summed E-state index contributed by atoms with van der Waals surface area (Å²) < 4.78 is 6.29. The Morgan fingerprint density at radius 1 is 1.22 bits per heavy atom. The predicted molar refractivity (Wildman–Crippen MR) is 103 cm³/mol. The molecule has 6 nitrogen and oxygen atoms in total. The third-order valence-electron chi connectivity index (χ3n) is 5.90. The number of anilines is 1. The van der Waals surface area contributed by atoms with Gasteiger partial charge in [0.2, 0.25) is 5.28 Å². The fraction of sp³-hybridized carbons (Fsp3) is 0.444. The number of nitriles is 1. The Morgan fingerprint density at radius 2 is 2.04 bits per heavy atom. The lowest BCUT2D eigenvalue weighted by atomic mass is 9.49. The van der Waals surface area contributed by atoms with Crippen molar-refractivity contribution in [2.45, 2.75) is 31.6 Å². The summed E-state index contributed by atoms with van der Waals surface area (Å²) in [5.74, 6) is 3.94. The molecule has 1 saturated heterocycles. The van der Waals surface area contributed by atoms with E-state index in [-0.39, 0.29) is 28.7 Å². The number of ether oxygens (including phenoxy) is 1. The summed E-state index contributed by atoms with van der Waals surface area (Å²) in [5, 5.41) is 17.1. The van der Waals surface area contributed by atoms with E-state index in [1.54, 1.807) is 0 Å². The first-order valence-electron chi connectivity index (χ1n) is 9.03. The highest BCUT2D eigenvalue weighted by atomic mass is 35.5. The van der Waals surface area contributed by atoms with Crippen molar-refractivity contribution < 1.29 is 4.74 Å². The minimum atomic E-state index is 0.0794. The lowest BCUT2D eigenvalue weighted by Gasteiger charge is -2.58. The largest absolute Gasteiger partial charge is 0.490 e. The normalized spacial score (nSPS) is 20.0. The van der Waals surface area contributed by atoms with Crippen LogP contribution in [0.25, 0.3) is 0 Å². The van der Waals surface area contributed by atoms with Crippen LogP contribution in [0.15, 0.2) is 18.2 Å². The number of fused-ring (bicyclic) bond motifs is 1. The van der Waals surface area contributed by atoms with Crippen molar-refractivity contribution in [3.8, 4) is 11.7 Å². The Kier molecular flexibility index (Phi) is 3.96. The van der Waals surface area contributed by atoms with E-state index in [9.17, 15) is 5.26 Å². The van der Waals surface area contributed by atoms with Gasteiger partial charge in [0.05, 0.1) is 0 Å². The third kappa shape index (κ3) is 2.92. The summed E-state index contributed by atoms with van der Waals surface area (Å²) in [7, 11) is 0. The molecular formula is C18H16BCl2N5O. The lowest BCUT2D eigenvalue weighted by molar-refractivity contribution is -0.0346. The number of hydrogen-bond donors (Lipinski definition) is 0. The molecule has 0 N–H and O–H groups in total. The quantitative estimate of drug-likeness (QED) is 0.738. The number of benzene rings is 1. The van der Waals surface area contributed by atoms with Crippen LogP contribution in [0.1, 0.15) is 24.0 Å². The maximum atomic E-state index is 9.21. The van der Waals surface area contributed by atoms with Crippen LogP contribution in [-0.2, 0) is 12.6 Å². The maximum Gasteiger partial charge on any atom is 0.276 e.